The summed E-state index contributed by atoms with van der Waals surface area (Å²) < 4.78 is 12.0. The third-order valence-electron chi connectivity index (χ3n) is 4.05. The third kappa shape index (κ3) is 2.15. The van der Waals surface area contributed by atoms with Gasteiger partial charge in [0, 0.05) is 24.1 Å². The van der Waals surface area contributed by atoms with E-state index in [2.05, 4.69) is 15.0 Å². The van der Waals surface area contributed by atoms with Crippen molar-refractivity contribution in [3.63, 3.8) is 0 Å². The average molecular weight is 271 g/mol. The fraction of sp³-hybridized carbons (Fsp3) is 0.429. The zero-order valence-corrected chi connectivity index (χ0v) is 12.2. The van der Waals surface area contributed by atoms with Crippen molar-refractivity contribution in [2.75, 3.05) is 0 Å². The molecular formula is C14H18BN3O2. The van der Waals surface area contributed by atoms with Crippen LogP contribution in [0.3, 0.4) is 0 Å². The van der Waals surface area contributed by atoms with Crippen LogP contribution in [0.4, 0.5) is 0 Å². The molecule has 0 aliphatic carbocycles. The second-order valence-electron chi connectivity index (χ2n) is 6.00. The Morgan fingerprint density at radius 2 is 1.75 bits per heavy atom. The molecule has 2 aromatic heterocycles. The van der Waals surface area contributed by atoms with Gasteiger partial charge in [-0.25, -0.2) is 4.98 Å². The molecule has 0 atom stereocenters. The zero-order chi connectivity index (χ0) is 14.4. The first-order valence-electron chi connectivity index (χ1n) is 6.70. The van der Waals surface area contributed by atoms with Gasteiger partial charge in [0.15, 0.2) is 5.82 Å². The van der Waals surface area contributed by atoms with E-state index in [1.54, 1.807) is 18.6 Å². The third-order valence-corrected chi connectivity index (χ3v) is 4.05. The van der Waals surface area contributed by atoms with Gasteiger partial charge in [-0.1, -0.05) is 6.07 Å². The Bertz CT molecular complexity index is 577. The van der Waals surface area contributed by atoms with Crippen molar-refractivity contribution in [3.05, 3.63) is 30.7 Å². The fourth-order valence-corrected chi connectivity index (χ4v) is 2.07. The monoisotopic (exact) mass is 271 g/mol. The molecule has 0 amide bonds. The smallest absolute Gasteiger partial charge is 0.399 e. The molecule has 0 saturated carbocycles. The molecule has 0 spiro atoms. The average Bonchev–Trinajstić information content (AvgIpc) is 2.97. The maximum absolute atomic E-state index is 6.00. The summed E-state index contributed by atoms with van der Waals surface area (Å²) in [4.78, 5) is 11.6. The molecule has 5 nitrogen and oxygen atoms in total. The Hall–Kier alpha value is -1.66. The topological polar surface area (TPSA) is 60.0 Å². The Morgan fingerprint density at radius 1 is 1.05 bits per heavy atom. The number of hydrogen-bond donors (Lipinski definition) is 1. The van der Waals surface area contributed by atoms with Crippen molar-refractivity contribution in [2.24, 2.45) is 0 Å². The molecule has 104 valence electrons. The van der Waals surface area contributed by atoms with E-state index < -0.39 is 0 Å². The van der Waals surface area contributed by atoms with E-state index >= 15 is 0 Å². The van der Waals surface area contributed by atoms with Crippen LogP contribution in [0.1, 0.15) is 27.7 Å². The largest absolute Gasteiger partial charge is 0.496 e. The summed E-state index contributed by atoms with van der Waals surface area (Å²) in [6.07, 6.45) is 5.26. The van der Waals surface area contributed by atoms with Crippen LogP contribution >= 0.6 is 0 Å². The normalized spacial score (nSPS) is 20.3. The molecule has 0 radical (unpaired) electrons. The van der Waals surface area contributed by atoms with Crippen molar-refractivity contribution in [1.29, 1.82) is 0 Å². The molecule has 0 unspecified atom stereocenters. The first-order chi connectivity index (χ1) is 9.39. The van der Waals surface area contributed by atoms with E-state index in [0.717, 1.165) is 17.0 Å². The van der Waals surface area contributed by atoms with Gasteiger partial charge in [0.2, 0.25) is 0 Å². The molecule has 1 aliphatic heterocycles. The molecule has 0 bridgehead atoms. The van der Waals surface area contributed by atoms with Gasteiger partial charge in [0.1, 0.15) is 5.69 Å². The summed E-state index contributed by atoms with van der Waals surface area (Å²) in [5, 5.41) is 0. The highest BCUT2D eigenvalue weighted by atomic mass is 16.7. The van der Waals surface area contributed by atoms with Crippen LogP contribution in [0.5, 0.6) is 0 Å². The number of pyridine rings is 1. The molecule has 20 heavy (non-hydrogen) atoms. The Labute approximate surface area is 118 Å². The summed E-state index contributed by atoms with van der Waals surface area (Å²) in [5.74, 6) is 0.755. The number of aromatic amines is 1. The molecule has 6 heteroatoms. The molecule has 0 aromatic carbocycles. The summed E-state index contributed by atoms with van der Waals surface area (Å²) in [7, 11) is -0.377. The predicted octanol–water partition coefficient (Wildman–Crippen LogP) is 1.77. The van der Waals surface area contributed by atoms with Crippen molar-refractivity contribution >= 4 is 12.6 Å². The van der Waals surface area contributed by atoms with Crippen molar-refractivity contribution < 1.29 is 9.31 Å². The zero-order valence-electron chi connectivity index (χ0n) is 12.2. The summed E-state index contributed by atoms with van der Waals surface area (Å²) in [6, 6.07) is 3.88. The van der Waals surface area contributed by atoms with Crippen LogP contribution in [0.15, 0.2) is 30.7 Å². The molecular weight excluding hydrogens is 253 g/mol. The van der Waals surface area contributed by atoms with E-state index in [1.165, 1.54) is 0 Å². The van der Waals surface area contributed by atoms with Gasteiger partial charge in [-0.3, -0.25) is 4.98 Å². The highest BCUT2D eigenvalue weighted by Crippen LogP contribution is 2.36. The van der Waals surface area contributed by atoms with E-state index in [1.807, 2.05) is 39.8 Å². The molecule has 1 aliphatic rings. The van der Waals surface area contributed by atoms with Gasteiger partial charge >= 0.3 is 7.12 Å². The Morgan fingerprint density at radius 3 is 2.25 bits per heavy atom. The maximum atomic E-state index is 6.00. The first-order valence-corrected chi connectivity index (χ1v) is 6.70. The minimum Gasteiger partial charge on any atom is -0.399 e. The van der Waals surface area contributed by atoms with Crippen molar-refractivity contribution in [1.82, 2.24) is 15.0 Å². The molecule has 2 aromatic rings. The lowest BCUT2D eigenvalue weighted by Crippen LogP contribution is -2.41. The minimum atomic E-state index is -0.377. The van der Waals surface area contributed by atoms with E-state index in [4.69, 9.17) is 9.31 Å². The fourth-order valence-electron chi connectivity index (χ4n) is 2.07. The number of imidazole rings is 1. The first kappa shape index (κ1) is 13.3. The minimum absolute atomic E-state index is 0.336. The second-order valence-corrected chi connectivity index (χ2v) is 6.00. The van der Waals surface area contributed by atoms with Gasteiger partial charge in [0.25, 0.3) is 0 Å². The second kappa shape index (κ2) is 4.43. The van der Waals surface area contributed by atoms with Gasteiger partial charge in [-0.2, -0.15) is 0 Å². The molecule has 1 fully saturated rings. The van der Waals surface area contributed by atoms with E-state index in [-0.39, 0.29) is 18.3 Å². The van der Waals surface area contributed by atoms with Crippen LogP contribution in [0.25, 0.3) is 11.5 Å². The van der Waals surface area contributed by atoms with Gasteiger partial charge in [-0.15, -0.1) is 0 Å². The van der Waals surface area contributed by atoms with Crippen LogP contribution in [-0.4, -0.2) is 33.3 Å². The van der Waals surface area contributed by atoms with Crippen molar-refractivity contribution in [3.8, 4) is 11.5 Å². The summed E-state index contributed by atoms with van der Waals surface area (Å²) >= 11 is 0. The number of H-pyrrole nitrogens is 1. The van der Waals surface area contributed by atoms with Crippen molar-refractivity contribution in [2.45, 2.75) is 38.9 Å². The van der Waals surface area contributed by atoms with Crippen LogP contribution in [0, 0.1) is 0 Å². The highest BCUT2D eigenvalue weighted by Gasteiger charge is 2.51. The number of nitrogens with zero attached hydrogens (tertiary/aromatic N) is 2. The van der Waals surface area contributed by atoms with Gasteiger partial charge in [0.05, 0.1) is 11.2 Å². The quantitative estimate of drug-likeness (QED) is 0.846. The summed E-state index contributed by atoms with van der Waals surface area (Å²) in [5.41, 5.74) is 1.04. The molecule has 1 N–H and O–H groups in total. The lowest BCUT2D eigenvalue weighted by molar-refractivity contribution is 0.00578. The standard InChI is InChI=1S/C14H18BN3O2/c1-13(2)14(3,4)20-15(19-13)10-5-6-11(18-9-10)12-16-7-8-17-12/h5-9H,1-4H3,(H,16,17). The van der Waals surface area contributed by atoms with Crippen LogP contribution < -0.4 is 5.46 Å². The number of nitrogens with one attached hydrogen (secondary N) is 1. The Kier molecular flexibility index (Phi) is 2.95. The molecule has 3 rings (SSSR count). The van der Waals surface area contributed by atoms with Crippen LogP contribution in [0.2, 0.25) is 0 Å². The number of rotatable bonds is 2. The van der Waals surface area contributed by atoms with E-state index in [9.17, 15) is 0 Å². The van der Waals surface area contributed by atoms with Gasteiger partial charge in [-0.05, 0) is 33.8 Å². The highest BCUT2D eigenvalue weighted by molar-refractivity contribution is 6.62. The number of hydrogen-bond acceptors (Lipinski definition) is 4. The molecule has 3 heterocycles. The van der Waals surface area contributed by atoms with E-state index in [0.29, 0.717) is 0 Å². The SMILES string of the molecule is CC1(C)OB(c2ccc(-c3ncc[nH]3)nc2)OC1(C)C. The van der Waals surface area contributed by atoms with Crippen LogP contribution in [-0.2, 0) is 9.31 Å². The maximum Gasteiger partial charge on any atom is 0.496 e. The predicted molar refractivity (Wildman–Crippen MR) is 77.5 cm³/mol. The molecule has 1 saturated heterocycles. The lowest BCUT2D eigenvalue weighted by atomic mass is 9.80. The lowest BCUT2D eigenvalue weighted by Gasteiger charge is -2.32. The summed E-state index contributed by atoms with van der Waals surface area (Å²) in [6.45, 7) is 8.16. The number of aromatic nitrogens is 3. The van der Waals surface area contributed by atoms with Gasteiger partial charge < -0.3 is 14.3 Å². The Balaban J connectivity index is 1.83.